The van der Waals surface area contributed by atoms with Crippen molar-refractivity contribution in [3.63, 3.8) is 0 Å². The van der Waals surface area contributed by atoms with Crippen LogP contribution in [-0.2, 0) is 0 Å². The average molecular weight is 397 g/mol. The van der Waals surface area contributed by atoms with Crippen LogP contribution in [0.25, 0.3) is 0 Å². The first-order valence-corrected chi connectivity index (χ1v) is 13.2. The molecule has 0 amide bonds. The van der Waals surface area contributed by atoms with Crippen molar-refractivity contribution in [1.82, 2.24) is 5.48 Å². The number of hydrogen-bond donors (Lipinski definition) is 1. The third-order valence-electron chi connectivity index (χ3n) is 6.30. The van der Waals surface area contributed by atoms with E-state index in [-0.39, 0.29) is 0 Å². The van der Waals surface area contributed by atoms with Crippen LogP contribution in [-0.4, -0.2) is 6.54 Å². The van der Waals surface area contributed by atoms with Gasteiger partial charge in [-0.05, 0) is 25.3 Å². The van der Waals surface area contributed by atoms with Crippen LogP contribution >= 0.6 is 0 Å². The van der Waals surface area contributed by atoms with Crippen molar-refractivity contribution in [3.05, 3.63) is 5.21 Å². The Kier molecular flexibility index (Phi) is 24.9. The smallest absolute Gasteiger partial charge is 0.0141 e. The number of hydrogen-bond acceptors (Lipinski definition) is 2. The maximum atomic E-state index is 10.9. The van der Waals surface area contributed by atoms with Crippen LogP contribution < -0.4 is 5.48 Å². The molecular weight excluding hydrogens is 342 g/mol. The van der Waals surface area contributed by atoms with Gasteiger partial charge in [0, 0.05) is 0 Å². The second-order valence-electron chi connectivity index (χ2n) is 9.16. The molecule has 28 heavy (non-hydrogen) atoms. The molecule has 0 unspecified atom stereocenters. The summed E-state index contributed by atoms with van der Waals surface area (Å²) < 4.78 is 0. The van der Waals surface area contributed by atoms with Crippen LogP contribution in [0.15, 0.2) is 0 Å². The summed E-state index contributed by atoms with van der Waals surface area (Å²) in [4.78, 5) is 0. The molecule has 0 saturated carbocycles. The van der Waals surface area contributed by atoms with Crippen molar-refractivity contribution in [2.75, 3.05) is 6.54 Å². The zero-order valence-electron chi connectivity index (χ0n) is 19.7. The summed E-state index contributed by atoms with van der Waals surface area (Å²) in [5.41, 5.74) is 2.19. The molecule has 0 aromatic carbocycles. The SMILES string of the molecule is CCCCCCCCCCCCC(CCCCCCCCCCCC)CN[O-]. The molecule has 0 aliphatic carbocycles. The van der Waals surface area contributed by atoms with E-state index < -0.39 is 0 Å². The Bertz CT molecular complexity index is 245. The topological polar surface area (TPSA) is 35.1 Å². The Balaban J connectivity index is 3.41. The fourth-order valence-electron chi connectivity index (χ4n) is 4.31. The first kappa shape index (κ1) is 27.9. The summed E-state index contributed by atoms with van der Waals surface area (Å²) in [6.07, 6.45) is 30.4. The highest BCUT2D eigenvalue weighted by atomic mass is 16.5. The lowest BCUT2D eigenvalue weighted by molar-refractivity contribution is 0.395. The molecule has 2 heteroatoms. The van der Waals surface area contributed by atoms with E-state index in [9.17, 15) is 5.21 Å². The predicted octanol–water partition coefficient (Wildman–Crippen LogP) is 9.31. The zero-order valence-corrected chi connectivity index (χ0v) is 19.7. The number of unbranched alkanes of at least 4 members (excludes halogenated alkanes) is 18. The van der Waals surface area contributed by atoms with Gasteiger partial charge in [0.2, 0.25) is 0 Å². The van der Waals surface area contributed by atoms with Gasteiger partial charge in [0.15, 0.2) is 0 Å². The quantitative estimate of drug-likeness (QED) is 0.130. The molecule has 0 atom stereocenters. The highest BCUT2D eigenvalue weighted by Crippen LogP contribution is 2.19. The van der Waals surface area contributed by atoms with Gasteiger partial charge >= 0.3 is 0 Å². The van der Waals surface area contributed by atoms with Gasteiger partial charge in [-0.15, -0.1) is 0 Å². The normalized spacial score (nSPS) is 11.6. The van der Waals surface area contributed by atoms with E-state index in [2.05, 4.69) is 19.3 Å². The van der Waals surface area contributed by atoms with E-state index in [4.69, 9.17) is 0 Å². The predicted molar refractivity (Wildman–Crippen MR) is 128 cm³/mol. The molecule has 0 saturated heterocycles. The first-order chi connectivity index (χ1) is 13.8. The third-order valence-corrected chi connectivity index (χ3v) is 6.30. The lowest BCUT2D eigenvalue weighted by atomic mass is 9.94. The molecule has 0 heterocycles. The van der Waals surface area contributed by atoms with Crippen LogP contribution in [0, 0.1) is 11.1 Å². The number of nitrogens with one attached hydrogen (secondary N) is 1. The van der Waals surface area contributed by atoms with Crippen LogP contribution in [0.1, 0.15) is 155 Å². The molecule has 0 rings (SSSR count). The van der Waals surface area contributed by atoms with Gasteiger partial charge in [-0.2, -0.15) is 0 Å². The second-order valence-corrected chi connectivity index (χ2v) is 9.16. The fourth-order valence-corrected chi connectivity index (χ4v) is 4.31. The number of rotatable bonds is 24. The average Bonchev–Trinajstić information content (AvgIpc) is 2.70. The molecule has 0 aliphatic heterocycles. The van der Waals surface area contributed by atoms with E-state index in [1.807, 2.05) is 0 Å². The highest BCUT2D eigenvalue weighted by Gasteiger charge is 2.06. The van der Waals surface area contributed by atoms with E-state index in [0.717, 1.165) is 0 Å². The lowest BCUT2D eigenvalue weighted by Crippen LogP contribution is -2.17. The fraction of sp³-hybridized carbons (Fsp3) is 1.00. The minimum absolute atomic E-state index is 0.612. The Labute approximate surface area is 178 Å². The summed E-state index contributed by atoms with van der Waals surface area (Å²) in [7, 11) is 0. The highest BCUT2D eigenvalue weighted by molar-refractivity contribution is 4.64. The zero-order chi connectivity index (χ0) is 20.5. The van der Waals surface area contributed by atoms with Crippen LogP contribution in [0.4, 0.5) is 0 Å². The van der Waals surface area contributed by atoms with Crippen molar-refractivity contribution < 1.29 is 0 Å². The van der Waals surface area contributed by atoms with Gasteiger partial charge in [-0.3, -0.25) is 0 Å². The Morgan fingerprint density at radius 1 is 0.464 bits per heavy atom. The van der Waals surface area contributed by atoms with Gasteiger partial charge in [0.05, 0.1) is 0 Å². The lowest BCUT2D eigenvalue weighted by Gasteiger charge is -2.19. The molecule has 0 aliphatic rings. The molecule has 0 radical (unpaired) electrons. The number of hydroxylamine groups is 1. The first-order valence-electron chi connectivity index (χ1n) is 13.2. The minimum Gasteiger partial charge on any atom is -0.788 e. The molecule has 0 fully saturated rings. The van der Waals surface area contributed by atoms with Crippen molar-refractivity contribution >= 4 is 0 Å². The Morgan fingerprint density at radius 2 is 0.750 bits per heavy atom. The van der Waals surface area contributed by atoms with E-state index in [1.54, 1.807) is 0 Å². The van der Waals surface area contributed by atoms with Crippen LogP contribution in [0.3, 0.4) is 0 Å². The Hall–Kier alpha value is -0.0800. The van der Waals surface area contributed by atoms with E-state index >= 15 is 0 Å². The van der Waals surface area contributed by atoms with Crippen molar-refractivity contribution in [3.8, 4) is 0 Å². The molecular formula is C26H54NO-. The summed E-state index contributed by atoms with van der Waals surface area (Å²) in [6.45, 7) is 5.24. The van der Waals surface area contributed by atoms with Gasteiger partial charge in [-0.25, -0.2) is 0 Å². The van der Waals surface area contributed by atoms with Gasteiger partial charge < -0.3 is 10.7 Å². The van der Waals surface area contributed by atoms with E-state index in [1.165, 1.54) is 141 Å². The molecule has 1 N–H and O–H groups in total. The largest absolute Gasteiger partial charge is 0.788 e. The summed E-state index contributed by atoms with van der Waals surface area (Å²) in [6, 6.07) is 0. The molecule has 2 nitrogen and oxygen atoms in total. The van der Waals surface area contributed by atoms with E-state index in [0.29, 0.717) is 12.5 Å². The van der Waals surface area contributed by atoms with Crippen molar-refractivity contribution in [1.29, 1.82) is 0 Å². The van der Waals surface area contributed by atoms with Crippen LogP contribution in [0.5, 0.6) is 0 Å². The van der Waals surface area contributed by atoms with Crippen molar-refractivity contribution in [2.24, 2.45) is 5.92 Å². The molecule has 0 aromatic rings. The van der Waals surface area contributed by atoms with Gasteiger partial charge in [-0.1, -0.05) is 142 Å². The standard InChI is InChI=1S/C26H54NO/c1-3-5-7-9-11-13-15-17-19-21-23-26(25-27-28)24-22-20-18-16-14-12-10-8-6-4-2/h26-27H,3-25H2,1-2H3/q-1. The molecule has 0 aromatic heterocycles. The maximum Gasteiger partial charge on any atom is -0.0141 e. The van der Waals surface area contributed by atoms with Crippen molar-refractivity contribution in [2.45, 2.75) is 155 Å². The molecule has 170 valence electrons. The maximum absolute atomic E-state index is 10.9. The van der Waals surface area contributed by atoms with Gasteiger partial charge in [0.1, 0.15) is 0 Å². The summed E-state index contributed by atoms with van der Waals surface area (Å²) in [5, 5.41) is 10.9. The van der Waals surface area contributed by atoms with Gasteiger partial charge in [0.25, 0.3) is 0 Å². The summed E-state index contributed by atoms with van der Waals surface area (Å²) in [5.74, 6) is 0.612. The summed E-state index contributed by atoms with van der Waals surface area (Å²) >= 11 is 0. The third kappa shape index (κ3) is 22.2. The van der Waals surface area contributed by atoms with Crippen LogP contribution in [0.2, 0.25) is 0 Å². The second kappa shape index (κ2) is 25.0. The molecule has 0 bridgehead atoms. The minimum atomic E-state index is 0.612. The molecule has 0 spiro atoms. The Morgan fingerprint density at radius 3 is 1.04 bits per heavy atom. The monoisotopic (exact) mass is 396 g/mol.